The van der Waals surface area contributed by atoms with Gasteiger partial charge in [0.2, 0.25) is 5.78 Å². The lowest BCUT2D eigenvalue weighted by atomic mass is 9.95. The van der Waals surface area contributed by atoms with Crippen LogP contribution in [0.2, 0.25) is 0 Å². The number of nitrogens with zero attached hydrogens (tertiary/aromatic N) is 1. The first-order valence-electron chi connectivity index (χ1n) is 10.2. The number of carbonyl (C=O) groups is 2. The van der Waals surface area contributed by atoms with Crippen LogP contribution in [-0.2, 0) is 16.1 Å². The molecule has 0 atom stereocenters. The van der Waals surface area contributed by atoms with Crippen molar-refractivity contribution in [3.8, 4) is 11.5 Å². The number of hydrogen-bond donors (Lipinski definition) is 1. The van der Waals surface area contributed by atoms with Gasteiger partial charge in [0.1, 0.15) is 11.5 Å². The standard InChI is InChI=1S/C23H25NO5S/c1-3-28-23(27)15-6-8-24(9-7-15)13-17-18(25)11-14(2)20-21(26)19(29-22(17)20)12-16-5-4-10-30-16/h4-5,10-12,15,25H,3,6-9,13H2,1-2H3/b19-12-. The van der Waals surface area contributed by atoms with Crippen molar-refractivity contribution in [2.45, 2.75) is 33.2 Å². The lowest BCUT2D eigenvalue weighted by molar-refractivity contribution is -0.149. The topological polar surface area (TPSA) is 76.1 Å². The van der Waals surface area contributed by atoms with E-state index in [0.717, 1.165) is 30.8 Å². The molecule has 0 aliphatic carbocycles. The van der Waals surface area contributed by atoms with Crippen LogP contribution in [0.4, 0.5) is 0 Å². The molecule has 1 aromatic heterocycles. The van der Waals surface area contributed by atoms with Crippen molar-refractivity contribution in [3.05, 3.63) is 50.9 Å². The van der Waals surface area contributed by atoms with E-state index in [1.807, 2.05) is 31.4 Å². The number of hydrogen-bond acceptors (Lipinski definition) is 7. The molecule has 2 aromatic rings. The van der Waals surface area contributed by atoms with Gasteiger partial charge in [-0.15, -0.1) is 11.3 Å². The molecule has 3 heterocycles. The van der Waals surface area contributed by atoms with E-state index in [1.165, 1.54) is 11.3 Å². The molecular formula is C23H25NO5S. The van der Waals surface area contributed by atoms with Crippen LogP contribution in [0.15, 0.2) is 29.3 Å². The first-order valence-corrected chi connectivity index (χ1v) is 11.1. The molecule has 0 radical (unpaired) electrons. The average molecular weight is 428 g/mol. The number of rotatable bonds is 5. The van der Waals surface area contributed by atoms with Crippen LogP contribution < -0.4 is 4.74 Å². The highest BCUT2D eigenvalue weighted by molar-refractivity contribution is 7.10. The lowest BCUT2D eigenvalue weighted by Gasteiger charge is -2.31. The second-order valence-corrected chi connectivity index (χ2v) is 8.63. The number of ether oxygens (including phenoxy) is 2. The molecular weight excluding hydrogens is 402 g/mol. The number of carbonyl (C=O) groups excluding carboxylic acids is 2. The summed E-state index contributed by atoms with van der Waals surface area (Å²) in [5.74, 6) is 0.503. The van der Waals surface area contributed by atoms with Gasteiger partial charge in [-0.2, -0.15) is 0 Å². The van der Waals surface area contributed by atoms with Crippen LogP contribution >= 0.6 is 11.3 Å². The monoisotopic (exact) mass is 427 g/mol. The van der Waals surface area contributed by atoms with Gasteiger partial charge in [-0.1, -0.05) is 6.07 Å². The fourth-order valence-electron chi connectivity index (χ4n) is 4.05. The van der Waals surface area contributed by atoms with Gasteiger partial charge >= 0.3 is 5.97 Å². The minimum atomic E-state index is -0.154. The molecule has 1 N–H and O–H groups in total. The summed E-state index contributed by atoms with van der Waals surface area (Å²) in [6.07, 6.45) is 3.19. The highest BCUT2D eigenvalue weighted by atomic mass is 32.1. The molecule has 0 unspecified atom stereocenters. The summed E-state index contributed by atoms with van der Waals surface area (Å²) in [7, 11) is 0. The number of thiophene rings is 1. The van der Waals surface area contributed by atoms with Crippen molar-refractivity contribution in [3.63, 3.8) is 0 Å². The van der Waals surface area contributed by atoms with Crippen molar-refractivity contribution in [1.29, 1.82) is 0 Å². The van der Waals surface area contributed by atoms with E-state index < -0.39 is 0 Å². The summed E-state index contributed by atoms with van der Waals surface area (Å²) in [6.45, 7) is 5.92. The van der Waals surface area contributed by atoms with Crippen molar-refractivity contribution in [2.75, 3.05) is 19.7 Å². The molecule has 0 amide bonds. The predicted molar refractivity (Wildman–Crippen MR) is 115 cm³/mol. The number of aryl methyl sites for hydroxylation is 1. The summed E-state index contributed by atoms with van der Waals surface area (Å²) >= 11 is 1.53. The molecule has 1 aromatic carbocycles. The van der Waals surface area contributed by atoms with E-state index in [9.17, 15) is 14.7 Å². The smallest absolute Gasteiger partial charge is 0.309 e. The molecule has 1 saturated heterocycles. The van der Waals surface area contributed by atoms with Crippen molar-refractivity contribution < 1.29 is 24.2 Å². The maximum Gasteiger partial charge on any atom is 0.309 e. The minimum absolute atomic E-state index is 0.0725. The minimum Gasteiger partial charge on any atom is -0.507 e. The summed E-state index contributed by atoms with van der Waals surface area (Å²) < 4.78 is 11.1. The second kappa shape index (κ2) is 8.62. The lowest BCUT2D eigenvalue weighted by Crippen LogP contribution is -2.36. The van der Waals surface area contributed by atoms with Crippen molar-refractivity contribution >= 4 is 29.2 Å². The molecule has 158 valence electrons. The number of benzene rings is 1. The van der Waals surface area contributed by atoms with Crippen LogP contribution in [-0.4, -0.2) is 41.5 Å². The molecule has 30 heavy (non-hydrogen) atoms. The van der Waals surface area contributed by atoms with Crippen molar-refractivity contribution in [1.82, 2.24) is 4.90 Å². The second-order valence-electron chi connectivity index (χ2n) is 7.65. The van der Waals surface area contributed by atoms with Gasteiger partial charge in [0.05, 0.1) is 23.7 Å². The summed E-state index contributed by atoms with van der Waals surface area (Å²) in [6, 6.07) is 5.48. The SMILES string of the molecule is CCOC(=O)C1CCN(Cc2c(O)cc(C)c3c2O/C(=C\c2cccs2)C3=O)CC1. The fraction of sp³-hybridized carbons (Fsp3) is 0.391. The van der Waals surface area contributed by atoms with Gasteiger partial charge in [0.15, 0.2) is 5.76 Å². The Morgan fingerprint density at radius 1 is 1.40 bits per heavy atom. The number of aromatic hydroxyl groups is 1. The third-order valence-corrected chi connectivity index (χ3v) is 6.45. The summed E-state index contributed by atoms with van der Waals surface area (Å²) in [5.41, 5.74) is 1.84. The third kappa shape index (κ3) is 4.00. The average Bonchev–Trinajstić information content (AvgIpc) is 3.34. The van der Waals surface area contributed by atoms with E-state index in [1.54, 1.807) is 12.1 Å². The molecule has 2 aliphatic rings. The maximum absolute atomic E-state index is 12.9. The number of phenolic OH excluding ortho intramolecular Hbond substituents is 1. The third-order valence-electron chi connectivity index (χ3n) is 5.63. The number of esters is 1. The van der Waals surface area contributed by atoms with Crippen molar-refractivity contribution in [2.24, 2.45) is 5.92 Å². The van der Waals surface area contributed by atoms with Crippen LogP contribution in [0.5, 0.6) is 11.5 Å². The van der Waals surface area contributed by atoms with Gasteiger partial charge in [-0.25, -0.2) is 0 Å². The first kappa shape index (κ1) is 20.6. The zero-order chi connectivity index (χ0) is 21.3. The number of likely N-dealkylation sites (tertiary alicyclic amines) is 1. The van der Waals surface area contributed by atoms with E-state index in [2.05, 4.69) is 4.90 Å². The van der Waals surface area contributed by atoms with E-state index in [-0.39, 0.29) is 29.2 Å². The number of phenols is 1. The summed E-state index contributed by atoms with van der Waals surface area (Å²) in [4.78, 5) is 28.0. The Balaban J connectivity index is 1.54. The van der Waals surface area contributed by atoms with Gasteiger partial charge in [-0.3, -0.25) is 14.5 Å². The van der Waals surface area contributed by atoms with Gasteiger partial charge < -0.3 is 14.6 Å². The van der Waals surface area contributed by atoms with Crippen LogP contribution in [0.25, 0.3) is 6.08 Å². The molecule has 0 saturated carbocycles. The molecule has 7 heteroatoms. The zero-order valence-electron chi connectivity index (χ0n) is 17.1. The predicted octanol–water partition coefficient (Wildman–Crippen LogP) is 4.15. The number of fused-ring (bicyclic) bond motifs is 1. The van der Waals surface area contributed by atoms with Gasteiger partial charge in [0, 0.05) is 17.5 Å². The molecule has 1 fully saturated rings. The molecule has 2 aliphatic heterocycles. The van der Waals surface area contributed by atoms with Gasteiger partial charge in [-0.05, 0) is 62.9 Å². The molecule has 4 rings (SSSR count). The number of piperidine rings is 1. The molecule has 0 bridgehead atoms. The Labute approximate surface area is 179 Å². The molecule has 0 spiro atoms. The highest BCUT2D eigenvalue weighted by Crippen LogP contribution is 2.42. The normalized spacial score (nSPS) is 18.5. The fourth-order valence-corrected chi connectivity index (χ4v) is 4.69. The number of allylic oxidation sites excluding steroid dienone is 1. The molecule has 6 nitrogen and oxygen atoms in total. The Morgan fingerprint density at radius 2 is 2.17 bits per heavy atom. The van der Waals surface area contributed by atoms with Gasteiger partial charge in [0.25, 0.3) is 0 Å². The Kier molecular flexibility index (Phi) is 5.92. The zero-order valence-corrected chi connectivity index (χ0v) is 18.0. The number of ketones is 1. The Morgan fingerprint density at radius 3 is 2.83 bits per heavy atom. The number of Topliss-reactive ketones (excluding diaryl/α,β-unsaturated/α-hetero) is 1. The quantitative estimate of drug-likeness (QED) is 0.571. The summed E-state index contributed by atoms with van der Waals surface area (Å²) in [5, 5.41) is 12.6. The first-order chi connectivity index (χ1) is 14.5. The van der Waals surface area contributed by atoms with E-state index in [4.69, 9.17) is 9.47 Å². The van der Waals surface area contributed by atoms with E-state index >= 15 is 0 Å². The van der Waals surface area contributed by atoms with Crippen LogP contribution in [0, 0.1) is 12.8 Å². The van der Waals surface area contributed by atoms with Crippen LogP contribution in [0.3, 0.4) is 0 Å². The maximum atomic E-state index is 12.9. The Bertz CT molecular complexity index is 988. The highest BCUT2D eigenvalue weighted by Gasteiger charge is 2.34. The van der Waals surface area contributed by atoms with E-state index in [0.29, 0.717) is 35.6 Å². The largest absolute Gasteiger partial charge is 0.507 e. The Hall–Kier alpha value is -2.64. The van der Waals surface area contributed by atoms with Crippen LogP contribution in [0.1, 0.15) is 46.1 Å².